The van der Waals surface area contributed by atoms with E-state index in [0.29, 0.717) is 24.6 Å². The molecule has 0 atom stereocenters. The number of hydrogen-bond donors (Lipinski definition) is 2. The molecule has 2 aromatic rings. The van der Waals surface area contributed by atoms with Crippen LogP contribution in [0.2, 0.25) is 0 Å². The Morgan fingerprint density at radius 1 is 1.29 bits per heavy atom. The second-order valence-corrected chi connectivity index (χ2v) is 5.57. The maximum Gasteiger partial charge on any atom is 0.387 e. The van der Waals surface area contributed by atoms with Crippen molar-refractivity contribution in [1.29, 1.82) is 0 Å². The molecule has 132 valence electrons. The molecule has 0 saturated heterocycles. The summed E-state index contributed by atoms with van der Waals surface area (Å²) in [6, 6.07) is 6.67. The van der Waals surface area contributed by atoms with E-state index >= 15 is 0 Å². The third kappa shape index (κ3) is 6.19. The number of guanidine groups is 1. The third-order valence-corrected chi connectivity index (χ3v) is 4.05. The molecule has 0 aliphatic carbocycles. The maximum absolute atomic E-state index is 12.4. The molecule has 0 aliphatic rings. The van der Waals surface area contributed by atoms with E-state index in [0.717, 1.165) is 10.6 Å². The molecule has 9 heteroatoms. The number of nitrogens with one attached hydrogen (secondary N) is 2. The van der Waals surface area contributed by atoms with E-state index in [1.165, 1.54) is 6.07 Å². The summed E-state index contributed by atoms with van der Waals surface area (Å²) in [5.74, 6) is 0.730. The molecule has 0 fully saturated rings. The summed E-state index contributed by atoms with van der Waals surface area (Å²) in [5.41, 5.74) is 3.40. The Bertz CT molecular complexity index is 666. The fraction of sp³-hybridized carbons (Fsp3) is 0.333. The van der Waals surface area contributed by atoms with Gasteiger partial charge in [-0.1, -0.05) is 18.2 Å². The Balaban J connectivity index is 0.00000288. The number of ether oxygens (including phenoxy) is 1. The van der Waals surface area contributed by atoms with Crippen LogP contribution < -0.4 is 15.4 Å². The van der Waals surface area contributed by atoms with E-state index in [-0.39, 0.29) is 29.7 Å². The van der Waals surface area contributed by atoms with Crippen LogP contribution in [0, 0.1) is 6.92 Å². The first-order valence-corrected chi connectivity index (χ1v) is 7.84. The highest BCUT2D eigenvalue weighted by molar-refractivity contribution is 14.0. The lowest BCUT2D eigenvalue weighted by Gasteiger charge is -2.14. The minimum atomic E-state index is -2.84. The normalized spacial score (nSPS) is 11.1. The van der Waals surface area contributed by atoms with Crippen LogP contribution in [-0.4, -0.2) is 24.6 Å². The summed E-state index contributed by atoms with van der Waals surface area (Å²) >= 11 is 1.57. The molecule has 2 N–H and O–H groups in total. The van der Waals surface area contributed by atoms with E-state index < -0.39 is 6.61 Å². The quantitative estimate of drug-likeness (QED) is 0.387. The van der Waals surface area contributed by atoms with Gasteiger partial charge in [0, 0.05) is 24.0 Å². The lowest BCUT2D eigenvalue weighted by molar-refractivity contribution is -0.0504. The van der Waals surface area contributed by atoms with Crippen LogP contribution in [-0.2, 0) is 13.1 Å². The fourth-order valence-corrected chi connectivity index (χ4v) is 2.64. The standard InChI is InChI=1S/C15H18F2N4OS.HI/c1-10-13(23-9-21-10)8-20-15(18-2)19-7-11-5-3-4-6-12(11)22-14(16)17;/h3-6,9,14H,7-8H2,1-2H3,(H2,18,19,20);1H. The minimum absolute atomic E-state index is 0. The molecule has 0 saturated carbocycles. The van der Waals surface area contributed by atoms with E-state index in [4.69, 9.17) is 0 Å². The van der Waals surface area contributed by atoms with Crippen molar-refractivity contribution in [1.82, 2.24) is 15.6 Å². The fourth-order valence-electron chi connectivity index (χ4n) is 1.92. The van der Waals surface area contributed by atoms with E-state index in [1.807, 2.05) is 6.92 Å². The molecule has 2 rings (SSSR count). The average Bonchev–Trinajstić information content (AvgIpc) is 2.93. The van der Waals surface area contributed by atoms with Crippen molar-refractivity contribution in [2.24, 2.45) is 4.99 Å². The Kier molecular flexibility index (Phi) is 8.90. The lowest BCUT2D eigenvalue weighted by atomic mass is 10.2. The highest BCUT2D eigenvalue weighted by atomic mass is 127. The summed E-state index contributed by atoms with van der Waals surface area (Å²) in [6.07, 6.45) is 0. The maximum atomic E-state index is 12.4. The summed E-state index contributed by atoms with van der Waals surface area (Å²) in [7, 11) is 1.65. The largest absolute Gasteiger partial charge is 0.434 e. The molecule has 0 aliphatic heterocycles. The SMILES string of the molecule is CN=C(NCc1ccccc1OC(F)F)NCc1scnc1C.I. The predicted octanol–water partition coefficient (Wildman–Crippen LogP) is 3.54. The number of alkyl halides is 2. The summed E-state index contributed by atoms with van der Waals surface area (Å²) < 4.78 is 29.3. The van der Waals surface area contributed by atoms with Gasteiger partial charge in [0.1, 0.15) is 5.75 Å². The van der Waals surface area contributed by atoms with Gasteiger partial charge in [-0.05, 0) is 13.0 Å². The molecule has 0 amide bonds. The molecule has 1 heterocycles. The van der Waals surface area contributed by atoms with Crippen LogP contribution in [0.1, 0.15) is 16.1 Å². The van der Waals surface area contributed by atoms with Crippen LogP contribution in [0.15, 0.2) is 34.8 Å². The number of aryl methyl sites for hydroxylation is 1. The molecular formula is C15H19F2IN4OS. The van der Waals surface area contributed by atoms with Crippen molar-refractivity contribution in [2.75, 3.05) is 7.05 Å². The summed E-state index contributed by atoms with van der Waals surface area (Å²) in [5, 5.41) is 6.24. The number of aliphatic imine (C=N–C) groups is 1. The first-order valence-electron chi connectivity index (χ1n) is 6.96. The van der Waals surface area contributed by atoms with Crippen LogP contribution >= 0.6 is 35.3 Å². The van der Waals surface area contributed by atoms with Gasteiger partial charge in [-0.25, -0.2) is 4.98 Å². The molecule has 0 bridgehead atoms. The number of halogens is 3. The van der Waals surface area contributed by atoms with Gasteiger partial charge in [-0.15, -0.1) is 35.3 Å². The van der Waals surface area contributed by atoms with E-state index in [2.05, 4.69) is 25.3 Å². The topological polar surface area (TPSA) is 58.5 Å². The molecule has 5 nitrogen and oxygen atoms in total. The zero-order valence-corrected chi connectivity index (χ0v) is 16.4. The number of aromatic nitrogens is 1. The van der Waals surface area contributed by atoms with Crippen molar-refractivity contribution in [3.63, 3.8) is 0 Å². The van der Waals surface area contributed by atoms with Gasteiger partial charge in [0.25, 0.3) is 0 Å². The smallest absolute Gasteiger partial charge is 0.387 e. The molecule has 0 unspecified atom stereocenters. The van der Waals surface area contributed by atoms with Crippen LogP contribution in [0.3, 0.4) is 0 Å². The molecule has 0 spiro atoms. The third-order valence-electron chi connectivity index (χ3n) is 3.12. The first-order chi connectivity index (χ1) is 11.1. The molecule has 1 aromatic heterocycles. The molecule has 0 radical (unpaired) electrons. The van der Waals surface area contributed by atoms with Gasteiger partial charge in [0.2, 0.25) is 0 Å². The van der Waals surface area contributed by atoms with Crippen molar-refractivity contribution < 1.29 is 13.5 Å². The zero-order chi connectivity index (χ0) is 16.7. The number of nitrogens with zero attached hydrogens (tertiary/aromatic N) is 2. The van der Waals surface area contributed by atoms with Crippen molar-refractivity contribution in [3.8, 4) is 5.75 Å². The van der Waals surface area contributed by atoms with Crippen molar-refractivity contribution >= 4 is 41.3 Å². The van der Waals surface area contributed by atoms with Gasteiger partial charge in [-0.3, -0.25) is 4.99 Å². The van der Waals surface area contributed by atoms with Crippen molar-refractivity contribution in [3.05, 3.63) is 45.9 Å². The predicted molar refractivity (Wildman–Crippen MR) is 102 cm³/mol. The van der Waals surface area contributed by atoms with Crippen LogP contribution in [0.25, 0.3) is 0 Å². The minimum Gasteiger partial charge on any atom is -0.434 e. The molecule has 24 heavy (non-hydrogen) atoms. The summed E-state index contributed by atoms with van der Waals surface area (Å²) in [4.78, 5) is 9.42. The monoisotopic (exact) mass is 468 g/mol. The Hall–Kier alpha value is -1.49. The van der Waals surface area contributed by atoms with E-state index in [9.17, 15) is 8.78 Å². The van der Waals surface area contributed by atoms with Gasteiger partial charge < -0.3 is 15.4 Å². The Morgan fingerprint density at radius 3 is 2.62 bits per heavy atom. The average molecular weight is 468 g/mol. The van der Waals surface area contributed by atoms with Crippen LogP contribution in [0.5, 0.6) is 5.75 Å². The number of para-hydroxylation sites is 1. The second kappa shape index (κ2) is 10.4. The molecule has 1 aromatic carbocycles. The summed E-state index contributed by atoms with van der Waals surface area (Å²) in [6.45, 7) is 0.0277. The highest BCUT2D eigenvalue weighted by Crippen LogP contribution is 2.19. The highest BCUT2D eigenvalue weighted by Gasteiger charge is 2.09. The van der Waals surface area contributed by atoms with Gasteiger partial charge >= 0.3 is 6.61 Å². The van der Waals surface area contributed by atoms with Gasteiger partial charge in [0.15, 0.2) is 5.96 Å². The molecular weight excluding hydrogens is 449 g/mol. The van der Waals surface area contributed by atoms with Crippen molar-refractivity contribution in [2.45, 2.75) is 26.6 Å². The number of rotatable bonds is 6. The Morgan fingerprint density at radius 2 is 2.00 bits per heavy atom. The number of hydrogen-bond acceptors (Lipinski definition) is 4. The number of thiazole rings is 1. The Labute approximate surface area is 160 Å². The first kappa shape index (κ1) is 20.6. The van der Waals surface area contributed by atoms with Crippen LogP contribution in [0.4, 0.5) is 8.78 Å². The lowest BCUT2D eigenvalue weighted by Crippen LogP contribution is -2.36. The number of benzene rings is 1. The van der Waals surface area contributed by atoms with E-state index in [1.54, 1.807) is 42.1 Å². The van der Waals surface area contributed by atoms with Gasteiger partial charge in [-0.2, -0.15) is 8.78 Å². The van der Waals surface area contributed by atoms with Gasteiger partial charge in [0.05, 0.1) is 17.7 Å². The zero-order valence-electron chi connectivity index (χ0n) is 13.3. The second-order valence-electron chi connectivity index (χ2n) is 4.63.